The average molecular weight is 338 g/mol. The maximum absolute atomic E-state index is 6.01. The molecular formula is C19H35N3O2. The van der Waals surface area contributed by atoms with Gasteiger partial charge in [-0.3, -0.25) is 4.99 Å². The van der Waals surface area contributed by atoms with Crippen LogP contribution in [0.1, 0.15) is 52.9 Å². The van der Waals surface area contributed by atoms with Crippen molar-refractivity contribution in [3.63, 3.8) is 0 Å². The molecule has 5 heteroatoms. The van der Waals surface area contributed by atoms with Crippen molar-refractivity contribution < 1.29 is 9.47 Å². The Hall–Kier alpha value is -0.810. The van der Waals surface area contributed by atoms with E-state index in [2.05, 4.69) is 31.4 Å². The second-order valence-electron chi connectivity index (χ2n) is 8.04. The Morgan fingerprint density at radius 1 is 1.38 bits per heavy atom. The predicted octanol–water partition coefficient (Wildman–Crippen LogP) is 2.56. The van der Waals surface area contributed by atoms with Gasteiger partial charge < -0.3 is 20.1 Å². The molecular weight excluding hydrogens is 302 g/mol. The molecule has 3 fully saturated rings. The van der Waals surface area contributed by atoms with Crippen molar-refractivity contribution >= 4 is 5.96 Å². The van der Waals surface area contributed by atoms with Gasteiger partial charge >= 0.3 is 0 Å². The summed E-state index contributed by atoms with van der Waals surface area (Å²) in [7, 11) is 0. The van der Waals surface area contributed by atoms with E-state index in [-0.39, 0.29) is 0 Å². The first kappa shape index (κ1) is 18.0. The molecule has 5 nitrogen and oxygen atoms in total. The zero-order valence-electron chi connectivity index (χ0n) is 15.6. The summed E-state index contributed by atoms with van der Waals surface area (Å²) in [5.41, 5.74) is 0.401. The summed E-state index contributed by atoms with van der Waals surface area (Å²) in [5.74, 6) is 2.26. The van der Waals surface area contributed by atoms with Crippen molar-refractivity contribution in [3.05, 3.63) is 0 Å². The van der Waals surface area contributed by atoms with E-state index < -0.39 is 0 Å². The molecule has 2 aliphatic carbocycles. The highest BCUT2D eigenvalue weighted by molar-refractivity contribution is 5.80. The molecule has 3 rings (SSSR count). The minimum atomic E-state index is 0.401. The fourth-order valence-electron chi connectivity index (χ4n) is 4.60. The smallest absolute Gasteiger partial charge is 0.191 e. The van der Waals surface area contributed by atoms with Crippen LogP contribution in [0.2, 0.25) is 0 Å². The zero-order chi connectivity index (χ0) is 17.0. The number of nitrogens with one attached hydrogen (secondary N) is 2. The molecule has 0 aromatic rings. The Balaban J connectivity index is 1.47. The first-order valence-electron chi connectivity index (χ1n) is 9.91. The van der Waals surface area contributed by atoms with Crippen molar-refractivity contribution in [2.75, 3.05) is 32.9 Å². The van der Waals surface area contributed by atoms with Gasteiger partial charge in [0.1, 0.15) is 0 Å². The van der Waals surface area contributed by atoms with E-state index >= 15 is 0 Å². The molecule has 0 bridgehead atoms. The molecule has 2 saturated carbocycles. The lowest BCUT2D eigenvalue weighted by molar-refractivity contribution is -0.171. The second kappa shape index (κ2) is 8.05. The number of hydrogen-bond donors (Lipinski definition) is 2. The van der Waals surface area contributed by atoms with Crippen molar-refractivity contribution in [2.24, 2.45) is 22.2 Å². The van der Waals surface area contributed by atoms with Gasteiger partial charge in [-0.05, 0) is 38.5 Å². The zero-order valence-corrected chi connectivity index (χ0v) is 15.6. The summed E-state index contributed by atoms with van der Waals surface area (Å²) in [6.45, 7) is 10.8. The second-order valence-corrected chi connectivity index (χ2v) is 8.04. The van der Waals surface area contributed by atoms with Crippen LogP contribution in [0.4, 0.5) is 0 Å². The fourth-order valence-corrected chi connectivity index (χ4v) is 4.60. The van der Waals surface area contributed by atoms with E-state index in [4.69, 9.17) is 14.5 Å². The van der Waals surface area contributed by atoms with Crippen LogP contribution in [-0.4, -0.2) is 51.0 Å². The molecule has 0 amide bonds. The summed E-state index contributed by atoms with van der Waals surface area (Å²) in [4.78, 5) is 4.76. The van der Waals surface area contributed by atoms with Crippen LogP contribution in [0.25, 0.3) is 0 Å². The molecule has 1 aliphatic heterocycles. The SMILES string of the molecule is CCNC(=NCCCOCC(C)C)NC1C2CCOC2C12CCC2. The minimum Gasteiger partial charge on any atom is -0.381 e. The highest BCUT2D eigenvalue weighted by Crippen LogP contribution is 2.62. The van der Waals surface area contributed by atoms with Crippen LogP contribution < -0.4 is 10.6 Å². The lowest BCUT2D eigenvalue weighted by atomic mass is 9.46. The number of fused-ring (bicyclic) bond motifs is 2. The standard InChI is InChI=1S/C19H35N3O2/c1-4-20-18(21-10-6-11-23-13-14(2)3)22-16-15-7-12-24-17(15)19(16)8-5-9-19/h14-17H,4-13H2,1-3H3,(H2,20,21,22). The van der Waals surface area contributed by atoms with Gasteiger partial charge in [0.25, 0.3) is 0 Å². The van der Waals surface area contributed by atoms with Gasteiger partial charge in [-0.15, -0.1) is 0 Å². The number of aliphatic imine (C=N–C) groups is 1. The highest BCUT2D eigenvalue weighted by Gasteiger charge is 2.66. The lowest BCUT2D eigenvalue weighted by Crippen LogP contribution is -2.72. The summed E-state index contributed by atoms with van der Waals surface area (Å²) in [5, 5.41) is 7.16. The van der Waals surface area contributed by atoms with Crippen LogP contribution in [0, 0.1) is 17.3 Å². The maximum Gasteiger partial charge on any atom is 0.191 e. The van der Waals surface area contributed by atoms with Crippen LogP contribution in [0.15, 0.2) is 4.99 Å². The van der Waals surface area contributed by atoms with Crippen LogP contribution in [0.5, 0.6) is 0 Å². The Kier molecular flexibility index (Phi) is 6.03. The third kappa shape index (κ3) is 3.57. The van der Waals surface area contributed by atoms with Crippen LogP contribution >= 0.6 is 0 Å². The van der Waals surface area contributed by atoms with Gasteiger partial charge in [-0.2, -0.15) is 0 Å². The summed E-state index contributed by atoms with van der Waals surface area (Å²) in [6, 6.07) is 0.550. The minimum absolute atomic E-state index is 0.401. The molecule has 1 saturated heterocycles. The molecule has 1 spiro atoms. The molecule has 138 valence electrons. The molecule has 3 unspecified atom stereocenters. The number of rotatable bonds is 8. The third-order valence-electron chi connectivity index (χ3n) is 5.84. The monoisotopic (exact) mass is 337 g/mol. The molecule has 0 radical (unpaired) electrons. The van der Waals surface area contributed by atoms with E-state index in [9.17, 15) is 0 Å². The van der Waals surface area contributed by atoms with Crippen molar-refractivity contribution in [1.29, 1.82) is 0 Å². The fraction of sp³-hybridized carbons (Fsp3) is 0.947. The molecule has 1 heterocycles. The Labute approximate surface area is 147 Å². The number of nitrogens with zero attached hydrogens (tertiary/aromatic N) is 1. The van der Waals surface area contributed by atoms with Crippen molar-refractivity contribution in [2.45, 2.75) is 65.0 Å². The van der Waals surface area contributed by atoms with Gasteiger partial charge in [0.15, 0.2) is 5.96 Å². The molecule has 24 heavy (non-hydrogen) atoms. The predicted molar refractivity (Wildman–Crippen MR) is 97.3 cm³/mol. The highest BCUT2D eigenvalue weighted by atomic mass is 16.5. The lowest BCUT2D eigenvalue weighted by Gasteiger charge is -2.63. The van der Waals surface area contributed by atoms with Crippen LogP contribution in [0.3, 0.4) is 0 Å². The third-order valence-corrected chi connectivity index (χ3v) is 5.84. The van der Waals surface area contributed by atoms with E-state index in [1.54, 1.807) is 0 Å². The van der Waals surface area contributed by atoms with Gasteiger partial charge in [0.2, 0.25) is 0 Å². The number of guanidine groups is 1. The summed E-state index contributed by atoms with van der Waals surface area (Å²) in [6.07, 6.45) is 6.67. The average Bonchev–Trinajstić information content (AvgIpc) is 2.91. The van der Waals surface area contributed by atoms with Crippen molar-refractivity contribution in [3.8, 4) is 0 Å². The van der Waals surface area contributed by atoms with E-state index in [1.165, 1.54) is 25.7 Å². The maximum atomic E-state index is 6.01. The van der Waals surface area contributed by atoms with E-state index in [0.29, 0.717) is 29.4 Å². The van der Waals surface area contributed by atoms with Gasteiger partial charge in [0.05, 0.1) is 6.10 Å². The molecule has 3 aliphatic rings. The molecule has 0 aromatic heterocycles. The van der Waals surface area contributed by atoms with E-state index in [0.717, 1.165) is 45.3 Å². The van der Waals surface area contributed by atoms with Gasteiger partial charge in [0, 0.05) is 50.3 Å². The Morgan fingerprint density at radius 2 is 2.21 bits per heavy atom. The largest absolute Gasteiger partial charge is 0.381 e. The summed E-state index contributed by atoms with van der Waals surface area (Å²) < 4.78 is 11.6. The van der Waals surface area contributed by atoms with Gasteiger partial charge in [-0.1, -0.05) is 20.3 Å². The first-order chi connectivity index (χ1) is 11.7. The quantitative estimate of drug-likeness (QED) is 0.406. The number of ether oxygens (including phenoxy) is 2. The molecule has 2 N–H and O–H groups in total. The molecule has 3 atom stereocenters. The van der Waals surface area contributed by atoms with E-state index in [1.807, 2.05) is 0 Å². The first-order valence-corrected chi connectivity index (χ1v) is 9.91. The number of hydrogen-bond acceptors (Lipinski definition) is 3. The van der Waals surface area contributed by atoms with Crippen molar-refractivity contribution in [1.82, 2.24) is 10.6 Å². The Bertz CT molecular complexity index is 434. The topological polar surface area (TPSA) is 54.9 Å². The summed E-state index contributed by atoms with van der Waals surface area (Å²) >= 11 is 0. The Morgan fingerprint density at radius 3 is 2.88 bits per heavy atom. The molecule has 0 aromatic carbocycles. The van der Waals surface area contributed by atoms with Gasteiger partial charge in [-0.25, -0.2) is 0 Å². The van der Waals surface area contributed by atoms with Crippen LogP contribution in [-0.2, 0) is 9.47 Å². The normalized spacial score (nSPS) is 30.8.